The van der Waals surface area contributed by atoms with E-state index in [9.17, 15) is 0 Å². The Hall–Kier alpha value is -0.970. The molecule has 4 nitrogen and oxygen atoms in total. The number of aromatic nitrogens is 2. The van der Waals surface area contributed by atoms with Crippen molar-refractivity contribution in [1.29, 1.82) is 0 Å². The van der Waals surface area contributed by atoms with E-state index in [0.717, 1.165) is 36.3 Å². The molecular weight excluding hydrogens is 256 g/mol. The van der Waals surface area contributed by atoms with E-state index in [1.54, 1.807) is 11.8 Å². The molecule has 0 aliphatic rings. The first kappa shape index (κ1) is 16.1. The quantitative estimate of drug-likeness (QED) is 0.639. The Bertz CT molecular complexity index is 401. The highest BCUT2D eigenvalue weighted by Crippen LogP contribution is 2.23. The minimum absolute atomic E-state index is 0.246. The Morgan fingerprint density at radius 3 is 2.53 bits per heavy atom. The van der Waals surface area contributed by atoms with Gasteiger partial charge in [0.1, 0.15) is 11.6 Å². The molecule has 0 spiro atoms. The summed E-state index contributed by atoms with van der Waals surface area (Å²) in [5.74, 6) is 1.89. The van der Waals surface area contributed by atoms with Crippen LogP contribution in [-0.2, 0) is 0 Å². The number of anilines is 2. The molecule has 0 amide bonds. The van der Waals surface area contributed by atoms with Crippen molar-refractivity contribution in [3.8, 4) is 0 Å². The van der Waals surface area contributed by atoms with Gasteiger partial charge in [-0.25, -0.2) is 9.97 Å². The minimum Gasteiger partial charge on any atom is -0.370 e. The second kappa shape index (κ2) is 6.98. The fourth-order valence-electron chi connectivity index (χ4n) is 1.84. The van der Waals surface area contributed by atoms with Gasteiger partial charge in [-0.05, 0) is 18.1 Å². The lowest BCUT2D eigenvalue weighted by molar-refractivity contribution is 0.417. The molecule has 19 heavy (non-hydrogen) atoms. The van der Waals surface area contributed by atoms with Gasteiger partial charge in [0.25, 0.3) is 0 Å². The van der Waals surface area contributed by atoms with Gasteiger partial charge in [0.05, 0.1) is 0 Å². The maximum atomic E-state index is 4.58. The highest BCUT2D eigenvalue weighted by molar-refractivity contribution is 7.98. The highest BCUT2D eigenvalue weighted by Gasteiger charge is 2.16. The second-order valence-electron chi connectivity index (χ2n) is 5.94. The van der Waals surface area contributed by atoms with Gasteiger partial charge in [-0.3, -0.25) is 0 Å². The lowest BCUT2D eigenvalue weighted by Crippen LogP contribution is -2.30. The van der Waals surface area contributed by atoms with Gasteiger partial charge in [0, 0.05) is 26.2 Å². The molecular formula is C14H26N4S. The fourth-order valence-corrected chi connectivity index (χ4v) is 2.21. The van der Waals surface area contributed by atoms with Crippen LogP contribution >= 0.6 is 11.8 Å². The van der Waals surface area contributed by atoms with Gasteiger partial charge >= 0.3 is 0 Å². The SMILES string of the molecule is CCCNc1cc(N(C)CC(C)(C)C)nc(SC)n1. The van der Waals surface area contributed by atoms with E-state index >= 15 is 0 Å². The van der Waals surface area contributed by atoms with Crippen LogP contribution in [0, 0.1) is 5.41 Å². The third-order valence-electron chi connectivity index (χ3n) is 2.53. The zero-order valence-electron chi connectivity index (χ0n) is 12.9. The first-order chi connectivity index (χ1) is 8.85. The molecule has 0 saturated heterocycles. The van der Waals surface area contributed by atoms with Gasteiger partial charge in [-0.2, -0.15) is 0 Å². The second-order valence-corrected chi connectivity index (χ2v) is 6.71. The van der Waals surface area contributed by atoms with Crippen LogP contribution in [0.4, 0.5) is 11.6 Å². The summed E-state index contributed by atoms with van der Waals surface area (Å²) in [6.45, 7) is 10.7. The molecule has 0 aromatic carbocycles. The van der Waals surface area contributed by atoms with Crippen molar-refractivity contribution in [3.05, 3.63) is 6.07 Å². The monoisotopic (exact) mass is 282 g/mol. The van der Waals surface area contributed by atoms with E-state index in [0.29, 0.717) is 0 Å². The Morgan fingerprint density at radius 2 is 2.00 bits per heavy atom. The Kier molecular flexibility index (Phi) is 5.91. The van der Waals surface area contributed by atoms with E-state index in [1.807, 2.05) is 12.3 Å². The third kappa shape index (κ3) is 5.68. The Balaban J connectivity index is 2.92. The normalized spacial score (nSPS) is 11.5. The first-order valence-electron chi connectivity index (χ1n) is 6.74. The third-order valence-corrected chi connectivity index (χ3v) is 3.08. The molecule has 0 bridgehead atoms. The molecule has 0 atom stereocenters. The average molecular weight is 282 g/mol. The van der Waals surface area contributed by atoms with Crippen LogP contribution in [-0.4, -0.2) is 36.4 Å². The molecule has 108 valence electrons. The predicted octanol–water partition coefficient (Wildman–Crippen LogP) is 3.50. The maximum absolute atomic E-state index is 4.58. The molecule has 0 fully saturated rings. The molecule has 1 heterocycles. The predicted molar refractivity (Wildman–Crippen MR) is 85.3 cm³/mol. The fraction of sp³-hybridized carbons (Fsp3) is 0.714. The van der Waals surface area contributed by atoms with Crippen molar-refractivity contribution >= 4 is 23.4 Å². The van der Waals surface area contributed by atoms with Gasteiger partial charge in [0.2, 0.25) is 0 Å². The molecule has 5 heteroatoms. The van der Waals surface area contributed by atoms with E-state index < -0.39 is 0 Å². The molecule has 0 unspecified atom stereocenters. The van der Waals surface area contributed by atoms with Gasteiger partial charge < -0.3 is 10.2 Å². The number of thioether (sulfide) groups is 1. The van der Waals surface area contributed by atoms with Crippen LogP contribution in [0.3, 0.4) is 0 Å². The number of nitrogens with zero attached hydrogens (tertiary/aromatic N) is 3. The maximum Gasteiger partial charge on any atom is 0.191 e. The minimum atomic E-state index is 0.246. The van der Waals surface area contributed by atoms with Crippen LogP contribution in [0.2, 0.25) is 0 Å². The van der Waals surface area contributed by atoms with Crippen LogP contribution in [0.5, 0.6) is 0 Å². The average Bonchev–Trinajstić information content (AvgIpc) is 2.33. The Labute approximate surface area is 121 Å². The summed E-state index contributed by atoms with van der Waals surface area (Å²) in [6, 6.07) is 2.03. The summed E-state index contributed by atoms with van der Waals surface area (Å²) in [6.07, 6.45) is 3.10. The van der Waals surface area contributed by atoms with Crippen molar-refractivity contribution in [2.75, 3.05) is 36.6 Å². The van der Waals surface area contributed by atoms with Crippen molar-refractivity contribution < 1.29 is 0 Å². The van der Waals surface area contributed by atoms with Gasteiger partial charge in [0.15, 0.2) is 5.16 Å². The van der Waals surface area contributed by atoms with Crippen molar-refractivity contribution in [1.82, 2.24) is 9.97 Å². The zero-order valence-corrected chi connectivity index (χ0v) is 13.8. The van der Waals surface area contributed by atoms with Crippen molar-refractivity contribution in [2.45, 2.75) is 39.3 Å². The summed E-state index contributed by atoms with van der Waals surface area (Å²) < 4.78 is 0. The molecule has 1 aromatic heterocycles. The summed E-state index contributed by atoms with van der Waals surface area (Å²) in [7, 11) is 2.08. The van der Waals surface area contributed by atoms with Gasteiger partial charge in [-0.1, -0.05) is 39.5 Å². The number of hydrogen-bond donors (Lipinski definition) is 1. The number of nitrogens with one attached hydrogen (secondary N) is 1. The number of hydrogen-bond acceptors (Lipinski definition) is 5. The van der Waals surface area contributed by atoms with Crippen LogP contribution in [0.25, 0.3) is 0 Å². The molecule has 0 radical (unpaired) electrons. The molecule has 0 aliphatic carbocycles. The molecule has 1 N–H and O–H groups in total. The van der Waals surface area contributed by atoms with Crippen molar-refractivity contribution in [3.63, 3.8) is 0 Å². The topological polar surface area (TPSA) is 41.0 Å². The van der Waals surface area contributed by atoms with Crippen LogP contribution in [0.1, 0.15) is 34.1 Å². The summed E-state index contributed by atoms with van der Waals surface area (Å²) in [5.41, 5.74) is 0.246. The summed E-state index contributed by atoms with van der Waals surface area (Å²) in [5, 5.41) is 4.15. The lowest BCUT2D eigenvalue weighted by atomic mass is 9.96. The largest absolute Gasteiger partial charge is 0.370 e. The van der Waals surface area contributed by atoms with Crippen LogP contribution < -0.4 is 10.2 Å². The lowest BCUT2D eigenvalue weighted by Gasteiger charge is -2.27. The smallest absolute Gasteiger partial charge is 0.191 e. The van der Waals surface area contributed by atoms with E-state index in [4.69, 9.17) is 0 Å². The summed E-state index contributed by atoms with van der Waals surface area (Å²) in [4.78, 5) is 11.3. The van der Waals surface area contributed by atoms with Gasteiger partial charge in [-0.15, -0.1) is 0 Å². The van der Waals surface area contributed by atoms with Crippen LogP contribution in [0.15, 0.2) is 11.2 Å². The van der Waals surface area contributed by atoms with Crippen molar-refractivity contribution in [2.24, 2.45) is 5.41 Å². The molecule has 0 saturated carbocycles. The highest BCUT2D eigenvalue weighted by atomic mass is 32.2. The standard InChI is InChI=1S/C14H26N4S/c1-7-8-15-11-9-12(17-13(16-11)19-6)18(5)10-14(2,3)4/h9H,7-8,10H2,1-6H3,(H,15,16,17). The molecule has 1 aromatic rings. The number of rotatable bonds is 6. The molecule has 0 aliphatic heterocycles. The zero-order chi connectivity index (χ0) is 14.5. The first-order valence-corrected chi connectivity index (χ1v) is 7.96. The Morgan fingerprint density at radius 1 is 1.32 bits per heavy atom. The molecule has 1 rings (SSSR count). The van der Waals surface area contributed by atoms with E-state index in [2.05, 4.69) is 54.9 Å². The van der Waals surface area contributed by atoms with E-state index in [1.165, 1.54) is 0 Å². The van der Waals surface area contributed by atoms with E-state index in [-0.39, 0.29) is 5.41 Å². The summed E-state index contributed by atoms with van der Waals surface area (Å²) >= 11 is 1.58.